The van der Waals surface area contributed by atoms with Crippen molar-refractivity contribution in [1.82, 2.24) is 0 Å². The molecule has 1 N–H and O–H groups in total. The summed E-state index contributed by atoms with van der Waals surface area (Å²) in [5, 5.41) is 18.9. The minimum absolute atomic E-state index is 0.0138. The molecule has 0 fully saturated rings. The highest BCUT2D eigenvalue weighted by Gasteiger charge is 2.04. The van der Waals surface area contributed by atoms with Crippen LogP contribution in [0, 0.1) is 10.1 Å². The van der Waals surface area contributed by atoms with Gasteiger partial charge in [0.25, 0.3) is 5.69 Å². The molecule has 0 aromatic heterocycles. The minimum Gasteiger partial charge on any atom is -0.478 e. The third-order valence-electron chi connectivity index (χ3n) is 1.82. The van der Waals surface area contributed by atoms with Crippen LogP contribution in [0.5, 0.6) is 0 Å². The van der Waals surface area contributed by atoms with Crippen LogP contribution in [0.3, 0.4) is 0 Å². The van der Waals surface area contributed by atoms with Crippen LogP contribution < -0.4 is 0 Å². The van der Waals surface area contributed by atoms with E-state index in [2.05, 4.69) is 0 Å². The number of nitrogens with zero attached hydrogens (tertiary/aromatic N) is 1. The third-order valence-corrected chi connectivity index (χ3v) is 1.82. The van der Waals surface area contributed by atoms with Gasteiger partial charge >= 0.3 is 5.97 Å². The van der Waals surface area contributed by atoms with Crippen LogP contribution in [0.4, 0.5) is 5.69 Å². The van der Waals surface area contributed by atoms with E-state index in [0.717, 1.165) is 0 Å². The van der Waals surface area contributed by atoms with E-state index >= 15 is 0 Å². The Hall–Kier alpha value is -2.17. The van der Waals surface area contributed by atoms with Crippen molar-refractivity contribution in [2.45, 2.75) is 6.92 Å². The second-order valence-electron chi connectivity index (χ2n) is 2.98. The summed E-state index contributed by atoms with van der Waals surface area (Å²) in [6.07, 6.45) is 1.45. The Balaban J connectivity index is 2.95. The predicted molar refractivity (Wildman–Crippen MR) is 54.4 cm³/mol. The zero-order valence-electron chi connectivity index (χ0n) is 8.01. The second-order valence-corrected chi connectivity index (χ2v) is 2.98. The molecule has 15 heavy (non-hydrogen) atoms. The lowest BCUT2D eigenvalue weighted by atomic mass is 10.1. The largest absolute Gasteiger partial charge is 0.478 e. The van der Waals surface area contributed by atoms with Crippen LogP contribution >= 0.6 is 0 Å². The molecule has 0 aliphatic rings. The Labute approximate surface area is 85.8 Å². The second kappa shape index (κ2) is 4.36. The van der Waals surface area contributed by atoms with Crippen molar-refractivity contribution in [3.8, 4) is 0 Å². The monoisotopic (exact) mass is 207 g/mol. The number of carboxylic acid groups (broad SMARTS) is 1. The molecule has 0 unspecified atom stereocenters. The van der Waals surface area contributed by atoms with Gasteiger partial charge in [-0.25, -0.2) is 4.79 Å². The van der Waals surface area contributed by atoms with Gasteiger partial charge in [-0.05, 0) is 30.7 Å². The Bertz CT molecular complexity index is 420. The van der Waals surface area contributed by atoms with Crippen LogP contribution in [0.1, 0.15) is 12.5 Å². The first-order chi connectivity index (χ1) is 7.00. The van der Waals surface area contributed by atoms with Crippen molar-refractivity contribution in [3.63, 3.8) is 0 Å². The summed E-state index contributed by atoms with van der Waals surface area (Å²) < 4.78 is 0. The molecule has 5 nitrogen and oxygen atoms in total. The summed E-state index contributed by atoms with van der Waals surface area (Å²) in [6.45, 7) is 1.46. The molecule has 0 bridgehead atoms. The van der Waals surface area contributed by atoms with Gasteiger partial charge in [-0.3, -0.25) is 10.1 Å². The van der Waals surface area contributed by atoms with Gasteiger partial charge in [0.05, 0.1) is 4.92 Å². The molecule has 0 heterocycles. The normalized spacial score (nSPS) is 11.1. The number of nitro benzene ring substituents is 1. The average molecular weight is 207 g/mol. The highest BCUT2D eigenvalue weighted by molar-refractivity contribution is 5.91. The van der Waals surface area contributed by atoms with Crippen molar-refractivity contribution in [1.29, 1.82) is 0 Å². The number of hydrogen-bond acceptors (Lipinski definition) is 3. The molecule has 0 radical (unpaired) electrons. The molecule has 0 aliphatic carbocycles. The first-order valence-corrected chi connectivity index (χ1v) is 4.17. The van der Waals surface area contributed by atoms with E-state index < -0.39 is 10.9 Å². The minimum atomic E-state index is -1.01. The zero-order chi connectivity index (χ0) is 11.4. The van der Waals surface area contributed by atoms with Crippen molar-refractivity contribution >= 4 is 17.7 Å². The smallest absolute Gasteiger partial charge is 0.331 e. The summed E-state index contributed by atoms with van der Waals surface area (Å²) in [4.78, 5) is 20.3. The van der Waals surface area contributed by atoms with Crippen molar-refractivity contribution in [3.05, 3.63) is 45.5 Å². The number of carbonyl (C=O) groups is 1. The van der Waals surface area contributed by atoms with E-state index in [1.807, 2.05) is 0 Å². The molecule has 0 amide bonds. The zero-order valence-corrected chi connectivity index (χ0v) is 8.01. The molecule has 0 aliphatic heterocycles. The van der Waals surface area contributed by atoms with E-state index in [-0.39, 0.29) is 11.3 Å². The molecule has 0 saturated heterocycles. The fourth-order valence-corrected chi connectivity index (χ4v) is 1.00. The number of aliphatic carboxylic acids is 1. The summed E-state index contributed by atoms with van der Waals surface area (Å²) >= 11 is 0. The Morgan fingerprint density at radius 3 is 2.33 bits per heavy atom. The number of hydrogen-bond donors (Lipinski definition) is 1. The van der Waals surface area contributed by atoms with Crippen LogP contribution in [0.25, 0.3) is 6.08 Å². The van der Waals surface area contributed by atoms with Gasteiger partial charge < -0.3 is 5.11 Å². The van der Waals surface area contributed by atoms with Gasteiger partial charge in [-0.2, -0.15) is 0 Å². The van der Waals surface area contributed by atoms with Crippen molar-refractivity contribution in [2.75, 3.05) is 0 Å². The molecule has 5 heteroatoms. The number of benzene rings is 1. The van der Waals surface area contributed by atoms with Gasteiger partial charge in [0.15, 0.2) is 0 Å². The van der Waals surface area contributed by atoms with Crippen LogP contribution in [0.15, 0.2) is 29.8 Å². The van der Waals surface area contributed by atoms with E-state index in [1.165, 1.54) is 37.3 Å². The molecular formula is C10H9NO4. The average Bonchev–Trinajstić information content (AvgIpc) is 2.18. The molecule has 0 atom stereocenters. The van der Waals surface area contributed by atoms with Gasteiger partial charge in [-0.15, -0.1) is 0 Å². The Morgan fingerprint density at radius 2 is 1.93 bits per heavy atom. The summed E-state index contributed by atoms with van der Waals surface area (Å²) in [6, 6.07) is 5.68. The summed E-state index contributed by atoms with van der Waals surface area (Å²) in [7, 11) is 0. The Kier molecular flexibility index (Phi) is 3.17. The standard InChI is InChI=1S/C10H9NO4/c1-7(10(12)13)6-8-2-4-9(5-3-8)11(14)15/h2-6H,1H3,(H,12,13)/b7-6+. The van der Waals surface area contributed by atoms with E-state index in [0.29, 0.717) is 5.56 Å². The number of non-ortho nitro benzene ring substituents is 1. The molecule has 1 aromatic carbocycles. The fraction of sp³-hybridized carbons (Fsp3) is 0.100. The number of carboxylic acids is 1. The van der Waals surface area contributed by atoms with Gasteiger partial charge in [0.1, 0.15) is 0 Å². The van der Waals surface area contributed by atoms with Crippen LogP contribution in [-0.4, -0.2) is 16.0 Å². The molecule has 1 rings (SSSR count). The van der Waals surface area contributed by atoms with E-state index in [4.69, 9.17) is 5.11 Å². The number of nitro groups is 1. The molecule has 0 saturated carbocycles. The fourth-order valence-electron chi connectivity index (χ4n) is 1.00. The lowest BCUT2D eigenvalue weighted by molar-refractivity contribution is -0.384. The van der Waals surface area contributed by atoms with Crippen LogP contribution in [-0.2, 0) is 4.79 Å². The maximum atomic E-state index is 10.5. The maximum absolute atomic E-state index is 10.5. The Morgan fingerprint density at radius 1 is 1.40 bits per heavy atom. The van der Waals surface area contributed by atoms with E-state index in [1.54, 1.807) is 0 Å². The van der Waals surface area contributed by atoms with Crippen molar-refractivity contribution in [2.24, 2.45) is 0 Å². The predicted octanol–water partition coefficient (Wildman–Crippen LogP) is 2.08. The van der Waals surface area contributed by atoms with Crippen LogP contribution in [0.2, 0.25) is 0 Å². The third kappa shape index (κ3) is 2.91. The highest BCUT2D eigenvalue weighted by atomic mass is 16.6. The lowest BCUT2D eigenvalue weighted by Crippen LogP contribution is -1.95. The quantitative estimate of drug-likeness (QED) is 0.467. The SMILES string of the molecule is C/C(=C\c1ccc([N+](=O)[O-])cc1)C(=O)O. The first kappa shape index (κ1) is 10.9. The van der Waals surface area contributed by atoms with E-state index in [9.17, 15) is 14.9 Å². The summed E-state index contributed by atoms with van der Waals surface area (Å²) in [5.41, 5.74) is 0.796. The topological polar surface area (TPSA) is 80.4 Å². The molecular weight excluding hydrogens is 198 g/mol. The van der Waals surface area contributed by atoms with Gasteiger partial charge in [0.2, 0.25) is 0 Å². The van der Waals surface area contributed by atoms with Gasteiger partial charge in [0, 0.05) is 17.7 Å². The van der Waals surface area contributed by atoms with Crippen molar-refractivity contribution < 1.29 is 14.8 Å². The molecule has 78 valence electrons. The molecule has 0 spiro atoms. The maximum Gasteiger partial charge on any atom is 0.331 e. The lowest BCUT2D eigenvalue weighted by Gasteiger charge is -1.95. The summed E-state index contributed by atoms with van der Waals surface area (Å²) in [5.74, 6) is -1.01. The first-order valence-electron chi connectivity index (χ1n) is 4.17. The molecule has 1 aromatic rings. The number of rotatable bonds is 3. The van der Waals surface area contributed by atoms with Gasteiger partial charge in [-0.1, -0.05) is 0 Å². The highest BCUT2D eigenvalue weighted by Crippen LogP contribution is 2.14.